The SMILES string of the molecule is CC(C)(C)OC(=O)N1CCc2c(B3OC(C)(C)C(C)(C)O3)cc(C(=O)O)nc2C1. The van der Waals surface area contributed by atoms with Gasteiger partial charge in [-0.3, -0.25) is 0 Å². The predicted octanol–water partition coefficient (Wildman–Crippen LogP) is 2.37. The molecule has 1 aromatic rings. The molecule has 29 heavy (non-hydrogen) atoms. The van der Waals surface area contributed by atoms with Crippen LogP contribution in [0, 0.1) is 0 Å². The molecule has 3 rings (SSSR count). The zero-order valence-corrected chi connectivity index (χ0v) is 18.2. The molecule has 9 heteroatoms. The molecule has 0 radical (unpaired) electrons. The summed E-state index contributed by atoms with van der Waals surface area (Å²) in [6.07, 6.45) is 0.0730. The molecule has 1 N–H and O–H groups in total. The van der Waals surface area contributed by atoms with Gasteiger partial charge < -0.3 is 24.1 Å². The molecule has 0 aromatic carbocycles. The Morgan fingerprint density at radius 1 is 1.21 bits per heavy atom. The van der Waals surface area contributed by atoms with Crippen LogP contribution in [0.5, 0.6) is 0 Å². The summed E-state index contributed by atoms with van der Waals surface area (Å²) in [5.41, 5.74) is 0.263. The van der Waals surface area contributed by atoms with E-state index in [0.717, 1.165) is 5.56 Å². The summed E-state index contributed by atoms with van der Waals surface area (Å²) < 4.78 is 17.7. The fourth-order valence-electron chi connectivity index (χ4n) is 3.34. The molecule has 0 aliphatic carbocycles. The Balaban J connectivity index is 1.96. The zero-order chi connectivity index (χ0) is 21.8. The summed E-state index contributed by atoms with van der Waals surface area (Å²) in [5.74, 6) is -1.14. The maximum atomic E-state index is 12.5. The second-order valence-corrected chi connectivity index (χ2v) is 9.57. The molecule has 3 heterocycles. The number of carbonyl (C=O) groups excluding carboxylic acids is 1. The number of rotatable bonds is 2. The smallest absolute Gasteiger partial charge is 0.477 e. The number of amides is 1. The van der Waals surface area contributed by atoms with Gasteiger partial charge >= 0.3 is 19.2 Å². The number of aromatic carboxylic acids is 1. The third-order valence-corrected chi connectivity index (χ3v) is 5.59. The molecule has 0 saturated carbocycles. The number of ether oxygens (including phenoxy) is 1. The Morgan fingerprint density at radius 2 is 1.79 bits per heavy atom. The first-order valence-electron chi connectivity index (χ1n) is 9.80. The quantitative estimate of drug-likeness (QED) is 0.756. The number of carbonyl (C=O) groups is 2. The molecular formula is C20H29BN2O6. The number of pyridine rings is 1. The van der Waals surface area contributed by atoms with E-state index in [1.807, 2.05) is 27.7 Å². The average Bonchev–Trinajstić information content (AvgIpc) is 2.79. The fraction of sp³-hybridized carbons (Fsp3) is 0.650. The van der Waals surface area contributed by atoms with Crippen LogP contribution in [-0.2, 0) is 27.0 Å². The van der Waals surface area contributed by atoms with E-state index in [9.17, 15) is 14.7 Å². The Bertz CT molecular complexity index is 830. The summed E-state index contributed by atoms with van der Waals surface area (Å²) in [7, 11) is -0.692. The van der Waals surface area contributed by atoms with Crippen molar-refractivity contribution in [1.29, 1.82) is 0 Å². The minimum absolute atomic E-state index is 0.0977. The number of nitrogens with zero attached hydrogens (tertiary/aromatic N) is 2. The van der Waals surface area contributed by atoms with Crippen LogP contribution in [0.3, 0.4) is 0 Å². The lowest BCUT2D eigenvalue weighted by molar-refractivity contribution is 0.00578. The van der Waals surface area contributed by atoms with Gasteiger partial charge in [0.1, 0.15) is 11.3 Å². The standard InChI is InChI=1S/C20H29BN2O6/c1-18(2,3)27-17(26)23-9-8-12-13(10-14(16(24)25)22-15(12)11-23)21-28-19(4,5)20(6,7)29-21/h10H,8-9,11H2,1-7H3,(H,24,25). The maximum Gasteiger partial charge on any atom is 0.495 e. The Hall–Kier alpha value is -2.13. The van der Waals surface area contributed by atoms with Gasteiger partial charge in [-0.2, -0.15) is 0 Å². The molecule has 2 aliphatic heterocycles. The Morgan fingerprint density at radius 3 is 2.31 bits per heavy atom. The number of hydrogen-bond donors (Lipinski definition) is 1. The van der Waals surface area contributed by atoms with Crippen molar-refractivity contribution in [3.05, 3.63) is 23.0 Å². The van der Waals surface area contributed by atoms with Gasteiger partial charge in [0.25, 0.3) is 0 Å². The van der Waals surface area contributed by atoms with Crippen LogP contribution in [0.4, 0.5) is 4.79 Å². The third kappa shape index (κ3) is 4.26. The first-order valence-corrected chi connectivity index (χ1v) is 9.80. The van der Waals surface area contributed by atoms with Crippen molar-refractivity contribution in [3.63, 3.8) is 0 Å². The monoisotopic (exact) mass is 404 g/mol. The summed E-state index contributed by atoms with van der Waals surface area (Å²) in [6, 6.07) is 1.52. The van der Waals surface area contributed by atoms with Crippen LogP contribution in [0.2, 0.25) is 0 Å². The second-order valence-electron chi connectivity index (χ2n) is 9.57. The van der Waals surface area contributed by atoms with Gasteiger partial charge in [-0.25, -0.2) is 14.6 Å². The molecule has 2 aliphatic rings. The van der Waals surface area contributed by atoms with Gasteiger partial charge in [0, 0.05) is 6.54 Å². The summed E-state index contributed by atoms with van der Waals surface area (Å²) in [6.45, 7) is 13.8. The third-order valence-electron chi connectivity index (χ3n) is 5.59. The first kappa shape index (κ1) is 21.6. The predicted molar refractivity (Wildman–Crippen MR) is 107 cm³/mol. The normalized spacial score (nSPS) is 20.4. The van der Waals surface area contributed by atoms with Gasteiger partial charge in [-0.05, 0) is 72.0 Å². The van der Waals surface area contributed by atoms with Crippen LogP contribution >= 0.6 is 0 Å². The molecule has 1 aromatic heterocycles. The Kier molecular flexibility index (Phi) is 5.20. The lowest BCUT2D eigenvalue weighted by atomic mass is 9.74. The minimum Gasteiger partial charge on any atom is -0.477 e. The molecular weight excluding hydrogens is 375 g/mol. The van der Waals surface area contributed by atoms with E-state index < -0.39 is 36.0 Å². The molecule has 158 valence electrons. The molecule has 1 saturated heterocycles. The number of carboxylic acids is 1. The molecule has 1 amide bonds. The molecule has 0 spiro atoms. The van der Waals surface area contributed by atoms with Gasteiger partial charge in [-0.1, -0.05) is 0 Å². The van der Waals surface area contributed by atoms with E-state index in [1.54, 1.807) is 25.7 Å². The summed E-state index contributed by atoms with van der Waals surface area (Å²) in [5, 5.41) is 9.54. The summed E-state index contributed by atoms with van der Waals surface area (Å²) in [4.78, 5) is 30.0. The van der Waals surface area contributed by atoms with E-state index in [4.69, 9.17) is 14.0 Å². The molecule has 0 bridgehead atoms. The molecule has 1 fully saturated rings. The van der Waals surface area contributed by atoms with Crippen LogP contribution in [0.1, 0.15) is 70.2 Å². The topological polar surface area (TPSA) is 98.2 Å². The van der Waals surface area contributed by atoms with Crippen LogP contribution in [-0.4, -0.2) is 57.5 Å². The van der Waals surface area contributed by atoms with E-state index in [2.05, 4.69) is 4.98 Å². The average molecular weight is 404 g/mol. The lowest BCUT2D eigenvalue weighted by Crippen LogP contribution is -2.45. The van der Waals surface area contributed by atoms with Crippen molar-refractivity contribution in [2.45, 2.75) is 78.2 Å². The molecule has 0 unspecified atom stereocenters. The highest BCUT2D eigenvalue weighted by Crippen LogP contribution is 2.37. The highest BCUT2D eigenvalue weighted by atomic mass is 16.7. The van der Waals surface area contributed by atoms with E-state index in [1.165, 1.54) is 6.07 Å². The van der Waals surface area contributed by atoms with E-state index >= 15 is 0 Å². The van der Waals surface area contributed by atoms with Crippen molar-refractivity contribution < 1.29 is 28.7 Å². The van der Waals surface area contributed by atoms with Crippen molar-refractivity contribution in [3.8, 4) is 0 Å². The van der Waals surface area contributed by atoms with E-state index in [-0.39, 0.29) is 12.2 Å². The van der Waals surface area contributed by atoms with E-state index in [0.29, 0.717) is 24.1 Å². The van der Waals surface area contributed by atoms with Gasteiger partial charge in [0.15, 0.2) is 0 Å². The zero-order valence-electron chi connectivity index (χ0n) is 18.2. The van der Waals surface area contributed by atoms with Gasteiger partial charge in [-0.15, -0.1) is 0 Å². The maximum absolute atomic E-state index is 12.5. The lowest BCUT2D eigenvalue weighted by Gasteiger charge is -2.32. The number of fused-ring (bicyclic) bond motifs is 1. The molecule has 8 nitrogen and oxygen atoms in total. The highest BCUT2D eigenvalue weighted by Gasteiger charge is 2.52. The van der Waals surface area contributed by atoms with Crippen LogP contribution in [0.15, 0.2) is 6.07 Å². The van der Waals surface area contributed by atoms with Crippen LogP contribution in [0.25, 0.3) is 0 Å². The number of hydrogen-bond acceptors (Lipinski definition) is 6. The number of carboxylic acid groups (broad SMARTS) is 1. The van der Waals surface area contributed by atoms with Crippen molar-refractivity contribution >= 4 is 24.6 Å². The Labute approximate surface area is 171 Å². The van der Waals surface area contributed by atoms with Gasteiger partial charge in [0.2, 0.25) is 0 Å². The summed E-state index contributed by atoms with van der Waals surface area (Å²) >= 11 is 0. The highest BCUT2D eigenvalue weighted by molar-refractivity contribution is 6.62. The van der Waals surface area contributed by atoms with Crippen molar-refractivity contribution in [1.82, 2.24) is 9.88 Å². The number of aromatic nitrogens is 1. The first-order chi connectivity index (χ1) is 13.2. The second kappa shape index (κ2) is 6.99. The van der Waals surface area contributed by atoms with Crippen molar-refractivity contribution in [2.75, 3.05) is 6.54 Å². The minimum atomic E-state index is -1.14. The molecule has 0 atom stereocenters. The van der Waals surface area contributed by atoms with Gasteiger partial charge in [0.05, 0.1) is 23.4 Å². The fourth-order valence-corrected chi connectivity index (χ4v) is 3.34. The van der Waals surface area contributed by atoms with Crippen molar-refractivity contribution in [2.24, 2.45) is 0 Å². The van der Waals surface area contributed by atoms with Crippen LogP contribution < -0.4 is 5.46 Å². The largest absolute Gasteiger partial charge is 0.495 e.